The van der Waals surface area contributed by atoms with Gasteiger partial charge in [-0.25, -0.2) is 0 Å². The minimum Gasteiger partial charge on any atom is -0.353 e. The fourth-order valence-corrected chi connectivity index (χ4v) is 2.48. The zero-order valence-electron chi connectivity index (χ0n) is 12.9. The van der Waals surface area contributed by atoms with Gasteiger partial charge in [0.25, 0.3) is 0 Å². The topological polar surface area (TPSA) is 29.1 Å². The summed E-state index contributed by atoms with van der Waals surface area (Å²) in [5.41, 5.74) is 2.06. The molecule has 2 nitrogen and oxygen atoms in total. The van der Waals surface area contributed by atoms with Crippen molar-refractivity contribution < 1.29 is 4.79 Å². The van der Waals surface area contributed by atoms with Crippen molar-refractivity contribution >= 4 is 40.4 Å². The normalized spacial score (nSPS) is 11.3. The maximum atomic E-state index is 12.3. The first-order valence-electron chi connectivity index (χ1n) is 7.11. The second-order valence-corrected chi connectivity index (χ2v) is 7.04. The third kappa shape index (κ3) is 4.02. The minimum absolute atomic E-state index is 0.187. The SMILES string of the molecule is CC(C)(C)C(=O)Cc1ccccc1Nc1c(Cl)cccc1Cl. The first-order chi connectivity index (χ1) is 10.3. The molecule has 2 aromatic rings. The summed E-state index contributed by atoms with van der Waals surface area (Å²) in [6, 6.07) is 13.0. The average molecular weight is 336 g/mol. The van der Waals surface area contributed by atoms with Crippen molar-refractivity contribution in [2.75, 3.05) is 5.32 Å². The van der Waals surface area contributed by atoms with E-state index in [2.05, 4.69) is 5.32 Å². The maximum Gasteiger partial charge on any atom is 0.142 e. The van der Waals surface area contributed by atoms with Crippen LogP contribution in [0.2, 0.25) is 10.0 Å². The molecule has 0 heterocycles. The van der Waals surface area contributed by atoms with Crippen LogP contribution in [0.4, 0.5) is 11.4 Å². The molecule has 0 aliphatic carbocycles. The summed E-state index contributed by atoms with van der Waals surface area (Å²) in [4.78, 5) is 12.3. The lowest BCUT2D eigenvalue weighted by Crippen LogP contribution is -2.22. The predicted molar refractivity (Wildman–Crippen MR) is 94.4 cm³/mol. The van der Waals surface area contributed by atoms with Gasteiger partial charge in [0.1, 0.15) is 5.78 Å². The fraction of sp³-hybridized carbons (Fsp3) is 0.278. The third-order valence-corrected chi connectivity index (χ3v) is 4.06. The molecule has 0 radical (unpaired) electrons. The molecule has 0 spiro atoms. The molecule has 22 heavy (non-hydrogen) atoms. The molecule has 0 aliphatic heterocycles. The highest BCUT2D eigenvalue weighted by molar-refractivity contribution is 6.39. The van der Waals surface area contributed by atoms with Crippen molar-refractivity contribution in [2.45, 2.75) is 27.2 Å². The summed E-state index contributed by atoms with van der Waals surface area (Å²) in [6.45, 7) is 5.78. The summed E-state index contributed by atoms with van der Waals surface area (Å²) < 4.78 is 0. The van der Waals surface area contributed by atoms with Crippen molar-refractivity contribution in [3.05, 3.63) is 58.1 Å². The number of carbonyl (C=O) groups is 1. The van der Waals surface area contributed by atoms with Crippen molar-refractivity contribution in [1.82, 2.24) is 0 Å². The average Bonchev–Trinajstić information content (AvgIpc) is 2.43. The molecule has 0 unspecified atom stereocenters. The lowest BCUT2D eigenvalue weighted by Gasteiger charge is -2.19. The van der Waals surface area contributed by atoms with Gasteiger partial charge in [0.15, 0.2) is 0 Å². The number of ketones is 1. The van der Waals surface area contributed by atoms with Gasteiger partial charge < -0.3 is 5.32 Å². The number of halogens is 2. The van der Waals surface area contributed by atoms with E-state index in [1.165, 1.54) is 0 Å². The number of nitrogens with one attached hydrogen (secondary N) is 1. The molecule has 0 bridgehead atoms. The lowest BCUT2D eigenvalue weighted by atomic mass is 9.87. The highest BCUT2D eigenvalue weighted by atomic mass is 35.5. The Hall–Kier alpha value is -1.51. The van der Waals surface area contributed by atoms with Gasteiger partial charge in [0.2, 0.25) is 0 Å². The molecule has 0 aliphatic rings. The Balaban J connectivity index is 2.31. The van der Waals surface area contributed by atoms with Crippen LogP contribution in [-0.4, -0.2) is 5.78 Å². The predicted octanol–water partition coefficient (Wildman–Crippen LogP) is 5.89. The zero-order valence-corrected chi connectivity index (χ0v) is 14.4. The number of hydrogen-bond acceptors (Lipinski definition) is 2. The monoisotopic (exact) mass is 335 g/mol. The summed E-state index contributed by atoms with van der Waals surface area (Å²) in [7, 11) is 0. The summed E-state index contributed by atoms with van der Waals surface area (Å²) in [6.07, 6.45) is 0.370. The number of Topliss-reactive ketones (excluding diaryl/α,β-unsaturated/α-hetero) is 1. The number of anilines is 2. The van der Waals surface area contributed by atoms with Gasteiger partial charge >= 0.3 is 0 Å². The second-order valence-electron chi connectivity index (χ2n) is 6.23. The second kappa shape index (κ2) is 6.72. The van der Waals surface area contributed by atoms with Gasteiger partial charge in [-0.05, 0) is 23.8 Å². The van der Waals surface area contributed by atoms with E-state index < -0.39 is 0 Å². The Morgan fingerprint density at radius 2 is 1.59 bits per heavy atom. The third-order valence-electron chi connectivity index (χ3n) is 3.43. The van der Waals surface area contributed by atoms with Gasteiger partial charge in [-0.3, -0.25) is 4.79 Å². The molecule has 0 saturated carbocycles. The van der Waals surface area contributed by atoms with E-state index in [0.29, 0.717) is 22.2 Å². The molecule has 0 atom stereocenters. The van der Waals surface area contributed by atoms with Crippen LogP contribution in [0, 0.1) is 5.41 Å². The molecular weight excluding hydrogens is 317 g/mol. The number of carbonyl (C=O) groups excluding carboxylic acids is 1. The minimum atomic E-state index is -0.366. The summed E-state index contributed by atoms with van der Waals surface area (Å²) >= 11 is 12.4. The highest BCUT2D eigenvalue weighted by Gasteiger charge is 2.22. The molecule has 0 saturated heterocycles. The van der Waals surface area contributed by atoms with E-state index in [-0.39, 0.29) is 11.2 Å². The van der Waals surface area contributed by atoms with Crippen molar-refractivity contribution in [3.8, 4) is 0 Å². The van der Waals surface area contributed by atoms with Gasteiger partial charge in [0.05, 0.1) is 15.7 Å². The number of para-hydroxylation sites is 2. The van der Waals surface area contributed by atoms with Crippen LogP contribution < -0.4 is 5.32 Å². The van der Waals surface area contributed by atoms with Crippen LogP contribution in [0.1, 0.15) is 26.3 Å². The quantitative estimate of drug-likeness (QED) is 0.754. The smallest absolute Gasteiger partial charge is 0.142 e. The lowest BCUT2D eigenvalue weighted by molar-refractivity contribution is -0.125. The van der Waals surface area contributed by atoms with Crippen molar-refractivity contribution in [1.29, 1.82) is 0 Å². The van der Waals surface area contributed by atoms with Crippen LogP contribution in [0.3, 0.4) is 0 Å². The van der Waals surface area contributed by atoms with E-state index in [1.807, 2.05) is 45.0 Å². The van der Waals surface area contributed by atoms with Gasteiger partial charge in [-0.15, -0.1) is 0 Å². The molecule has 1 N–H and O–H groups in total. The fourth-order valence-electron chi connectivity index (χ4n) is 1.99. The van der Waals surface area contributed by atoms with Crippen LogP contribution in [0.5, 0.6) is 0 Å². The molecule has 4 heteroatoms. The first kappa shape index (κ1) is 16.9. The van der Waals surface area contributed by atoms with E-state index >= 15 is 0 Å². The van der Waals surface area contributed by atoms with E-state index in [4.69, 9.17) is 23.2 Å². The Labute approximate surface area is 141 Å². The Kier molecular flexibility index (Phi) is 5.15. The van der Waals surface area contributed by atoms with E-state index in [1.54, 1.807) is 18.2 Å². The molecule has 0 aromatic heterocycles. The number of rotatable bonds is 4. The number of hydrogen-bond donors (Lipinski definition) is 1. The van der Waals surface area contributed by atoms with Crippen LogP contribution in [0.25, 0.3) is 0 Å². The molecule has 0 amide bonds. The van der Waals surface area contributed by atoms with Crippen LogP contribution in [0.15, 0.2) is 42.5 Å². The highest BCUT2D eigenvalue weighted by Crippen LogP contribution is 2.34. The molecular formula is C18H19Cl2NO. The Morgan fingerprint density at radius 3 is 2.18 bits per heavy atom. The molecule has 0 fully saturated rings. The van der Waals surface area contributed by atoms with E-state index in [9.17, 15) is 4.79 Å². The maximum absolute atomic E-state index is 12.3. The van der Waals surface area contributed by atoms with Crippen LogP contribution in [-0.2, 0) is 11.2 Å². The Bertz CT molecular complexity index is 669. The van der Waals surface area contributed by atoms with Crippen LogP contribution >= 0.6 is 23.2 Å². The van der Waals surface area contributed by atoms with Gasteiger partial charge in [-0.1, -0.05) is 68.2 Å². The molecule has 116 valence electrons. The van der Waals surface area contributed by atoms with Crippen molar-refractivity contribution in [2.24, 2.45) is 5.41 Å². The Morgan fingerprint density at radius 1 is 1.00 bits per heavy atom. The summed E-state index contributed by atoms with van der Waals surface area (Å²) in [5.74, 6) is 0.187. The van der Waals surface area contributed by atoms with E-state index in [0.717, 1.165) is 11.3 Å². The van der Waals surface area contributed by atoms with Gasteiger partial charge in [-0.2, -0.15) is 0 Å². The first-order valence-corrected chi connectivity index (χ1v) is 7.87. The molecule has 2 aromatic carbocycles. The van der Waals surface area contributed by atoms with Gasteiger partial charge in [0, 0.05) is 17.5 Å². The largest absolute Gasteiger partial charge is 0.353 e. The standard InChI is InChI=1S/C18H19Cl2NO/c1-18(2,3)16(22)11-12-7-4-5-10-15(12)21-17-13(19)8-6-9-14(17)20/h4-10,21H,11H2,1-3H3. The van der Waals surface area contributed by atoms with Crippen molar-refractivity contribution in [3.63, 3.8) is 0 Å². The zero-order chi connectivity index (χ0) is 16.3. The summed E-state index contributed by atoms with van der Waals surface area (Å²) in [5, 5.41) is 4.34. The number of benzene rings is 2. The molecule has 2 rings (SSSR count).